The fraction of sp³-hybridized carbons (Fsp3) is 0.280. The van der Waals surface area contributed by atoms with Gasteiger partial charge in [0, 0.05) is 22.5 Å². The molecule has 0 bridgehead atoms. The van der Waals surface area contributed by atoms with Crippen LogP contribution in [0.2, 0.25) is 0 Å². The number of nitrogens with zero attached hydrogens (tertiary/aromatic N) is 1. The number of aromatic nitrogens is 1. The van der Waals surface area contributed by atoms with Gasteiger partial charge in [0.25, 0.3) is 5.91 Å². The molecular formula is C25H25N3O. The molecule has 0 saturated heterocycles. The van der Waals surface area contributed by atoms with Gasteiger partial charge in [0.2, 0.25) is 0 Å². The molecular weight excluding hydrogens is 358 g/mol. The molecule has 0 radical (unpaired) electrons. The zero-order valence-electron chi connectivity index (χ0n) is 16.7. The fourth-order valence-electron chi connectivity index (χ4n) is 4.11. The van der Waals surface area contributed by atoms with Crippen LogP contribution < -0.4 is 5.32 Å². The van der Waals surface area contributed by atoms with E-state index in [9.17, 15) is 10.1 Å². The maximum Gasteiger partial charge on any atom is 0.262 e. The summed E-state index contributed by atoms with van der Waals surface area (Å²) in [7, 11) is 0. The molecule has 0 atom stereocenters. The van der Waals surface area contributed by atoms with E-state index in [0.29, 0.717) is 0 Å². The lowest BCUT2D eigenvalue weighted by atomic mass is 9.95. The maximum atomic E-state index is 12.8. The second-order valence-electron chi connectivity index (χ2n) is 7.81. The third-order valence-corrected chi connectivity index (χ3v) is 5.65. The molecule has 29 heavy (non-hydrogen) atoms. The first-order chi connectivity index (χ1) is 14.2. The summed E-state index contributed by atoms with van der Waals surface area (Å²) in [5, 5.41) is 13.8. The van der Waals surface area contributed by atoms with Crippen molar-refractivity contribution in [3.05, 3.63) is 65.2 Å². The van der Waals surface area contributed by atoms with E-state index in [1.54, 1.807) is 6.08 Å². The molecule has 1 fully saturated rings. The Kier molecular flexibility index (Phi) is 5.48. The Labute approximate surface area is 171 Å². The van der Waals surface area contributed by atoms with Gasteiger partial charge < -0.3 is 10.3 Å². The fourth-order valence-corrected chi connectivity index (χ4v) is 4.11. The Morgan fingerprint density at radius 3 is 2.62 bits per heavy atom. The van der Waals surface area contributed by atoms with Gasteiger partial charge in [0.1, 0.15) is 11.6 Å². The Morgan fingerprint density at radius 1 is 1.14 bits per heavy atom. The molecule has 3 aromatic rings. The standard InChI is InChI=1S/C25H25N3O/c1-17-12-13-23-21(14-17)22(24(28-23)18-8-4-2-5-9-18)15-19(16-26)25(29)27-20-10-6-3-7-11-20/h2,4-5,8-9,12-15,20,28H,3,6-7,10-11H2,1H3,(H,27,29)/b19-15-. The molecule has 1 aromatic heterocycles. The van der Waals surface area contributed by atoms with Gasteiger partial charge in [-0.15, -0.1) is 0 Å². The van der Waals surface area contributed by atoms with Crippen LogP contribution >= 0.6 is 0 Å². The molecule has 1 aliphatic carbocycles. The molecule has 1 aliphatic rings. The van der Waals surface area contributed by atoms with Crippen LogP contribution in [0, 0.1) is 18.3 Å². The number of fused-ring (bicyclic) bond motifs is 1. The van der Waals surface area contributed by atoms with Crippen molar-refractivity contribution >= 4 is 22.9 Å². The quantitative estimate of drug-likeness (QED) is 0.461. The first kappa shape index (κ1) is 19.0. The van der Waals surface area contributed by atoms with E-state index in [-0.39, 0.29) is 17.5 Å². The van der Waals surface area contributed by atoms with Gasteiger partial charge in [0.15, 0.2) is 0 Å². The predicted molar refractivity (Wildman–Crippen MR) is 117 cm³/mol. The van der Waals surface area contributed by atoms with E-state index < -0.39 is 0 Å². The Morgan fingerprint density at radius 2 is 1.90 bits per heavy atom. The number of hydrogen-bond acceptors (Lipinski definition) is 2. The van der Waals surface area contributed by atoms with Crippen molar-refractivity contribution in [1.29, 1.82) is 5.26 Å². The summed E-state index contributed by atoms with van der Waals surface area (Å²) < 4.78 is 0. The summed E-state index contributed by atoms with van der Waals surface area (Å²) in [6, 6.07) is 18.5. The zero-order valence-corrected chi connectivity index (χ0v) is 16.7. The number of aryl methyl sites for hydroxylation is 1. The van der Waals surface area contributed by atoms with Gasteiger partial charge in [-0.1, -0.05) is 61.2 Å². The number of amides is 1. The number of nitrogens with one attached hydrogen (secondary N) is 2. The normalized spacial score (nSPS) is 15.2. The second-order valence-corrected chi connectivity index (χ2v) is 7.81. The van der Waals surface area contributed by atoms with Crippen LogP contribution in [-0.2, 0) is 4.79 Å². The molecule has 4 rings (SSSR count). The lowest BCUT2D eigenvalue weighted by molar-refractivity contribution is -0.117. The van der Waals surface area contributed by atoms with Crippen LogP contribution in [0.3, 0.4) is 0 Å². The van der Waals surface area contributed by atoms with Crippen LogP contribution in [0.4, 0.5) is 0 Å². The van der Waals surface area contributed by atoms with Gasteiger partial charge in [-0.3, -0.25) is 4.79 Å². The number of rotatable bonds is 4. The van der Waals surface area contributed by atoms with Crippen LogP contribution in [0.15, 0.2) is 54.1 Å². The van der Waals surface area contributed by atoms with E-state index in [1.165, 1.54) is 6.42 Å². The Balaban J connectivity index is 1.77. The first-order valence-electron chi connectivity index (χ1n) is 10.3. The van der Waals surface area contributed by atoms with Gasteiger partial charge in [-0.25, -0.2) is 0 Å². The number of nitriles is 1. The van der Waals surface area contributed by atoms with Crippen LogP contribution in [-0.4, -0.2) is 16.9 Å². The van der Waals surface area contributed by atoms with Crippen LogP contribution in [0.1, 0.15) is 43.2 Å². The van der Waals surface area contributed by atoms with E-state index in [0.717, 1.165) is 59.0 Å². The molecule has 0 aliphatic heterocycles. The predicted octanol–water partition coefficient (Wildman–Crippen LogP) is 5.50. The van der Waals surface area contributed by atoms with Crippen LogP contribution in [0.25, 0.3) is 28.2 Å². The zero-order chi connectivity index (χ0) is 20.2. The smallest absolute Gasteiger partial charge is 0.262 e. The highest BCUT2D eigenvalue weighted by Gasteiger charge is 2.20. The molecule has 2 N–H and O–H groups in total. The molecule has 2 aromatic carbocycles. The highest BCUT2D eigenvalue weighted by Crippen LogP contribution is 2.32. The molecule has 0 spiro atoms. The summed E-state index contributed by atoms with van der Waals surface area (Å²) in [5.74, 6) is -0.277. The van der Waals surface area contributed by atoms with Crippen LogP contribution in [0.5, 0.6) is 0 Å². The van der Waals surface area contributed by atoms with Gasteiger partial charge >= 0.3 is 0 Å². The van der Waals surface area contributed by atoms with Crippen molar-refractivity contribution in [2.24, 2.45) is 0 Å². The van der Waals surface area contributed by atoms with Crippen molar-refractivity contribution in [3.8, 4) is 17.3 Å². The SMILES string of the molecule is Cc1ccc2[nH]c(-c3ccccc3)c(/C=C(/C#N)C(=O)NC3CCCCC3)c2c1. The highest BCUT2D eigenvalue weighted by atomic mass is 16.1. The number of H-pyrrole nitrogens is 1. The number of carbonyl (C=O) groups excluding carboxylic acids is 1. The van der Waals surface area contributed by atoms with Gasteiger partial charge in [-0.2, -0.15) is 5.26 Å². The summed E-state index contributed by atoms with van der Waals surface area (Å²) in [6.45, 7) is 2.04. The summed E-state index contributed by atoms with van der Waals surface area (Å²) in [6.07, 6.45) is 7.21. The summed E-state index contributed by atoms with van der Waals surface area (Å²) in [4.78, 5) is 16.3. The van der Waals surface area contributed by atoms with Crippen molar-refractivity contribution in [2.75, 3.05) is 0 Å². The van der Waals surface area contributed by atoms with E-state index in [4.69, 9.17) is 0 Å². The van der Waals surface area contributed by atoms with E-state index >= 15 is 0 Å². The number of carbonyl (C=O) groups is 1. The van der Waals surface area contributed by atoms with Gasteiger partial charge in [0.05, 0.1) is 5.69 Å². The molecule has 1 amide bonds. The minimum absolute atomic E-state index is 0.148. The molecule has 4 heteroatoms. The van der Waals surface area contributed by atoms with Gasteiger partial charge in [-0.05, 0) is 43.5 Å². The molecule has 0 unspecified atom stereocenters. The topological polar surface area (TPSA) is 68.7 Å². The van der Waals surface area contributed by atoms with Crippen molar-refractivity contribution in [2.45, 2.75) is 45.1 Å². The third-order valence-electron chi connectivity index (χ3n) is 5.65. The Bertz CT molecular complexity index is 1100. The summed E-state index contributed by atoms with van der Waals surface area (Å²) in [5.41, 5.74) is 5.10. The molecule has 4 nitrogen and oxygen atoms in total. The van der Waals surface area contributed by atoms with E-state index in [1.807, 2.05) is 43.3 Å². The molecule has 1 saturated carbocycles. The third kappa shape index (κ3) is 4.09. The lowest BCUT2D eigenvalue weighted by Gasteiger charge is -2.22. The molecule has 1 heterocycles. The minimum Gasteiger partial charge on any atom is -0.354 e. The second kappa shape index (κ2) is 8.36. The monoisotopic (exact) mass is 383 g/mol. The number of hydrogen-bond donors (Lipinski definition) is 2. The molecule has 146 valence electrons. The first-order valence-corrected chi connectivity index (χ1v) is 10.3. The van der Waals surface area contributed by atoms with Crippen molar-refractivity contribution in [3.63, 3.8) is 0 Å². The van der Waals surface area contributed by atoms with E-state index in [2.05, 4.69) is 28.5 Å². The lowest BCUT2D eigenvalue weighted by Crippen LogP contribution is -2.36. The van der Waals surface area contributed by atoms with Crippen molar-refractivity contribution in [1.82, 2.24) is 10.3 Å². The number of benzene rings is 2. The average molecular weight is 383 g/mol. The Hall–Kier alpha value is -3.32. The number of aromatic amines is 1. The van der Waals surface area contributed by atoms with Crippen molar-refractivity contribution < 1.29 is 4.79 Å². The maximum absolute atomic E-state index is 12.8. The largest absolute Gasteiger partial charge is 0.354 e. The summed E-state index contributed by atoms with van der Waals surface area (Å²) >= 11 is 0. The highest BCUT2D eigenvalue weighted by molar-refractivity contribution is 6.06. The average Bonchev–Trinajstić information content (AvgIpc) is 3.10. The minimum atomic E-state index is -0.277.